The summed E-state index contributed by atoms with van der Waals surface area (Å²) in [6.07, 6.45) is 0. The molecule has 164 valence electrons. The van der Waals surface area contributed by atoms with Crippen LogP contribution in [0, 0.1) is 0 Å². The summed E-state index contributed by atoms with van der Waals surface area (Å²) in [5, 5.41) is 3.62. The molecule has 2 amide bonds. The third-order valence-corrected chi connectivity index (χ3v) is 6.97. The Labute approximate surface area is 191 Å². The largest absolute Gasteiger partial charge is 0.465 e. The van der Waals surface area contributed by atoms with Crippen molar-refractivity contribution in [3.63, 3.8) is 0 Å². The van der Waals surface area contributed by atoms with Crippen LogP contribution in [0.2, 0.25) is 0 Å². The molecule has 0 N–H and O–H groups in total. The molecule has 0 radical (unpaired) electrons. The summed E-state index contributed by atoms with van der Waals surface area (Å²) in [6.45, 7) is 0. The normalized spacial score (nSPS) is 18.9. The number of ether oxygens (including phenoxy) is 2. The second-order valence-corrected chi connectivity index (χ2v) is 8.76. The van der Waals surface area contributed by atoms with E-state index in [1.807, 2.05) is 10.8 Å². The van der Waals surface area contributed by atoms with Crippen LogP contribution >= 0.6 is 22.7 Å². The third kappa shape index (κ3) is 3.10. The van der Waals surface area contributed by atoms with Gasteiger partial charge in [-0.1, -0.05) is 12.1 Å². The van der Waals surface area contributed by atoms with E-state index in [0.29, 0.717) is 21.1 Å². The quantitative estimate of drug-likeness (QED) is 0.504. The molecule has 32 heavy (non-hydrogen) atoms. The Morgan fingerprint density at radius 3 is 1.41 bits per heavy atom. The van der Waals surface area contributed by atoms with E-state index in [-0.39, 0.29) is 22.3 Å². The molecule has 2 aromatic heterocycles. The van der Waals surface area contributed by atoms with Crippen molar-refractivity contribution in [1.29, 1.82) is 0 Å². The molecule has 0 aromatic carbocycles. The van der Waals surface area contributed by atoms with Crippen LogP contribution in [0.25, 0.3) is 11.4 Å². The molecule has 4 heterocycles. The summed E-state index contributed by atoms with van der Waals surface area (Å²) in [4.78, 5) is 56.5. The standard InChI is InChI=1S/C22H18N2O6S2/c1-23-17(11-7-5-9-31-11)15(21(27)29-3)13(19(23)25)14-16(22(28)30-4)18(24(2)20(14)26)12-8-6-10-32-12/h5-10H,1-4H3/b14-13+. The van der Waals surface area contributed by atoms with Gasteiger partial charge in [-0.3, -0.25) is 9.59 Å². The van der Waals surface area contributed by atoms with Crippen molar-refractivity contribution in [3.8, 4) is 0 Å². The molecule has 0 saturated heterocycles. The smallest absolute Gasteiger partial charge is 0.340 e. The lowest BCUT2D eigenvalue weighted by Crippen LogP contribution is -2.25. The average molecular weight is 471 g/mol. The van der Waals surface area contributed by atoms with Gasteiger partial charge in [-0.2, -0.15) is 0 Å². The maximum atomic E-state index is 13.4. The first kappa shape index (κ1) is 21.7. The molecule has 0 unspecified atom stereocenters. The van der Waals surface area contributed by atoms with Crippen LogP contribution in [0.1, 0.15) is 9.75 Å². The lowest BCUT2D eigenvalue weighted by atomic mass is 9.94. The Morgan fingerprint density at radius 2 is 1.12 bits per heavy atom. The number of carbonyl (C=O) groups excluding carboxylic acids is 4. The first-order chi connectivity index (χ1) is 15.3. The van der Waals surface area contributed by atoms with Crippen molar-refractivity contribution in [2.45, 2.75) is 0 Å². The fourth-order valence-corrected chi connectivity index (χ4v) is 5.42. The van der Waals surface area contributed by atoms with Gasteiger partial charge in [0.2, 0.25) is 0 Å². The summed E-state index contributed by atoms with van der Waals surface area (Å²) >= 11 is 2.67. The monoisotopic (exact) mass is 470 g/mol. The molecule has 0 bridgehead atoms. The van der Waals surface area contributed by atoms with Gasteiger partial charge >= 0.3 is 11.9 Å². The Hall–Kier alpha value is -3.50. The number of hydrogen-bond acceptors (Lipinski definition) is 8. The van der Waals surface area contributed by atoms with Crippen molar-refractivity contribution >= 4 is 57.8 Å². The minimum Gasteiger partial charge on any atom is -0.465 e. The summed E-state index contributed by atoms with van der Waals surface area (Å²) in [5.74, 6) is -2.73. The van der Waals surface area contributed by atoms with Crippen LogP contribution in [0.15, 0.2) is 57.3 Å². The number of methoxy groups -OCH3 is 2. The minimum atomic E-state index is -0.780. The second kappa shape index (κ2) is 8.21. The van der Waals surface area contributed by atoms with Gasteiger partial charge < -0.3 is 19.3 Å². The molecule has 0 saturated carbocycles. The van der Waals surface area contributed by atoms with E-state index in [9.17, 15) is 19.2 Å². The SMILES string of the molecule is COC(=O)C1=C(c2cccs2)N(C)C(=O)/C1=C1/C(=O)N(C)C(c2cccs2)=C1C(=O)OC. The van der Waals surface area contributed by atoms with Gasteiger partial charge in [-0.25, -0.2) is 9.59 Å². The first-order valence-corrected chi connectivity index (χ1v) is 11.1. The van der Waals surface area contributed by atoms with Gasteiger partial charge in [-0.05, 0) is 22.9 Å². The van der Waals surface area contributed by atoms with Gasteiger partial charge in [0.05, 0.1) is 57.7 Å². The topological polar surface area (TPSA) is 93.2 Å². The van der Waals surface area contributed by atoms with E-state index in [4.69, 9.17) is 9.47 Å². The zero-order valence-corrected chi connectivity index (χ0v) is 19.3. The Kier molecular flexibility index (Phi) is 5.57. The Morgan fingerprint density at radius 1 is 0.750 bits per heavy atom. The van der Waals surface area contributed by atoms with Crippen LogP contribution < -0.4 is 0 Å². The molecule has 2 aliphatic heterocycles. The lowest BCUT2D eigenvalue weighted by Gasteiger charge is -2.13. The Balaban J connectivity index is 2.11. The molecular formula is C22H18N2O6S2. The zero-order chi connectivity index (χ0) is 23.2. The summed E-state index contributed by atoms with van der Waals surface area (Å²) < 4.78 is 9.94. The molecule has 10 heteroatoms. The predicted octanol–water partition coefficient (Wildman–Crippen LogP) is 2.52. The predicted molar refractivity (Wildman–Crippen MR) is 119 cm³/mol. The van der Waals surface area contributed by atoms with Gasteiger partial charge in [-0.15, -0.1) is 22.7 Å². The van der Waals surface area contributed by atoms with Crippen LogP contribution in [-0.4, -0.2) is 61.9 Å². The van der Waals surface area contributed by atoms with E-state index in [2.05, 4.69) is 0 Å². The molecule has 0 spiro atoms. The molecule has 2 aliphatic rings. The molecule has 0 aliphatic carbocycles. The molecule has 8 nitrogen and oxygen atoms in total. The van der Waals surface area contributed by atoms with E-state index >= 15 is 0 Å². The van der Waals surface area contributed by atoms with E-state index in [0.717, 1.165) is 0 Å². The molecule has 2 aromatic rings. The lowest BCUT2D eigenvalue weighted by molar-refractivity contribution is -0.137. The number of likely N-dealkylation sites (N-methyl/N-ethyl adjacent to an activating group) is 2. The van der Waals surface area contributed by atoms with E-state index in [1.54, 1.807) is 24.3 Å². The van der Waals surface area contributed by atoms with Gasteiger partial charge in [0.15, 0.2) is 0 Å². The number of rotatable bonds is 4. The van der Waals surface area contributed by atoms with Crippen molar-refractivity contribution in [2.75, 3.05) is 28.3 Å². The Bertz CT molecular complexity index is 1140. The van der Waals surface area contributed by atoms with Crippen LogP contribution in [0.4, 0.5) is 0 Å². The van der Waals surface area contributed by atoms with Crippen LogP contribution in [0.3, 0.4) is 0 Å². The van der Waals surface area contributed by atoms with Gasteiger partial charge in [0, 0.05) is 14.1 Å². The second-order valence-electron chi connectivity index (χ2n) is 6.86. The zero-order valence-electron chi connectivity index (χ0n) is 17.6. The summed E-state index contributed by atoms with van der Waals surface area (Å²) in [6, 6.07) is 7.09. The van der Waals surface area contributed by atoms with Crippen molar-refractivity contribution < 1.29 is 28.7 Å². The maximum absolute atomic E-state index is 13.4. The molecule has 0 fully saturated rings. The average Bonchev–Trinajstić information content (AvgIpc) is 3.58. The van der Waals surface area contributed by atoms with Gasteiger partial charge in [0.1, 0.15) is 0 Å². The van der Waals surface area contributed by atoms with Crippen molar-refractivity contribution in [1.82, 2.24) is 9.80 Å². The number of nitrogens with zero attached hydrogens (tertiary/aromatic N) is 2. The highest BCUT2D eigenvalue weighted by Crippen LogP contribution is 2.45. The highest BCUT2D eigenvalue weighted by atomic mass is 32.1. The molecule has 0 atom stereocenters. The van der Waals surface area contributed by atoms with E-state index < -0.39 is 23.8 Å². The number of amides is 2. The first-order valence-electron chi connectivity index (χ1n) is 9.37. The van der Waals surface area contributed by atoms with Crippen LogP contribution in [0.5, 0.6) is 0 Å². The number of carbonyl (C=O) groups is 4. The highest BCUT2D eigenvalue weighted by molar-refractivity contribution is 7.11. The minimum absolute atomic E-state index is 0.0620. The number of esters is 2. The fourth-order valence-electron chi connectivity index (χ4n) is 3.79. The van der Waals surface area contributed by atoms with Crippen molar-refractivity contribution in [2.24, 2.45) is 0 Å². The molecular weight excluding hydrogens is 452 g/mol. The van der Waals surface area contributed by atoms with E-state index in [1.165, 1.54) is 60.8 Å². The fraction of sp³-hybridized carbons (Fsp3) is 0.182. The summed E-state index contributed by atoms with van der Waals surface area (Å²) in [7, 11) is 5.42. The maximum Gasteiger partial charge on any atom is 0.340 e. The third-order valence-electron chi connectivity index (χ3n) is 5.22. The van der Waals surface area contributed by atoms with Crippen molar-refractivity contribution in [3.05, 3.63) is 67.1 Å². The van der Waals surface area contributed by atoms with Crippen LogP contribution in [-0.2, 0) is 28.7 Å². The molecule has 4 rings (SSSR count). The highest BCUT2D eigenvalue weighted by Gasteiger charge is 2.47. The number of thiophene rings is 2. The number of hydrogen-bond donors (Lipinski definition) is 0. The van der Waals surface area contributed by atoms with Gasteiger partial charge in [0.25, 0.3) is 11.8 Å². The summed E-state index contributed by atoms with van der Waals surface area (Å²) in [5.41, 5.74) is 0.173.